The number of hydrogen-bond donors (Lipinski definition) is 0. The maximum Gasteiger partial charge on any atom is 0.192 e. The first kappa shape index (κ1) is 32.3. The van der Waals surface area contributed by atoms with Gasteiger partial charge in [0.1, 0.15) is 0 Å². The van der Waals surface area contributed by atoms with E-state index in [0.29, 0.717) is 27.6 Å². The summed E-state index contributed by atoms with van der Waals surface area (Å²) in [4.78, 5) is 0. The quantitative estimate of drug-likeness (QED) is 0.228. The molecular formula is C38H68O2Si. The van der Waals surface area contributed by atoms with Gasteiger partial charge in [0.25, 0.3) is 0 Å². The molecular weight excluding hydrogens is 517 g/mol. The van der Waals surface area contributed by atoms with E-state index in [9.17, 15) is 0 Å². The summed E-state index contributed by atoms with van der Waals surface area (Å²) in [5.74, 6) is 4.60. The Morgan fingerprint density at radius 2 is 1.51 bits per heavy atom. The van der Waals surface area contributed by atoms with Crippen molar-refractivity contribution < 1.29 is 9.16 Å². The Hall–Kier alpha value is -0.123. The molecule has 0 aromatic rings. The second kappa shape index (κ2) is 10.2. The van der Waals surface area contributed by atoms with Crippen molar-refractivity contribution in [2.45, 2.75) is 145 Å². The fourth-order valence-electron chi connectivity index (χ4n) is 12.6. The zero-order valence-corrected chi connectivity index (χ0v) is 30.5. The maximum atomic E-state index is 7.10. The van der Waals surface area contributed by atoms with Gasteiger partial charge in [-0.25, -0.2) is 0 Å². The van der Waals surface area contributed by atoms with Gasteiger partial charge in [-0.3, -0.25) is 0 Å². The molecule has 5 fully saturated rings. The van der Waals surface area contributed by atoms with Gasteiger partial charge in [0, 0.05) is 13.7 Å². The summed E-state index contributed by atoms with van der Waals surface area (Å²) in [7, 11) is 0.157. The molecule has 0 saturated heterocycles. The normalized spacial score (nSPS) is 50.0. The Morgan fingerprint density at radius 1 is 0.829 bits per heavy atom. The number of allylic oxidation sites excluding steroid dienone is 1. The molecule has 5 unspecified atom stereocenters. The number of rotatable bonds is 6. The molecule has 0 amide bonds. The van der Waals surface area contributed by atoms with Crippen molar-refractivity contribution in [2.24, 2.45) is 62.6 Å². The third-order valence-electron chi connectivity index (χ3n) is 16.5. The van der Waals surface area contributed by atoms with Crippen LogP contribution in [-0.2, 0) is 9.16 Å². The highest BCUT2D eigenvalue weighted by molar-refractivity contribution is 6.74. The minimum Gasteiger partial charge on any atom is -0.416 e. The summed E-state index contributed by atoms with van der Waals surface area (Å²) in [5, 5.41) is 0.267. The van der Waals surface area contributed by atoms with Crippen LogP contribution in [0.15, 0.2) is 12.2 Å². The lowest BCUT2D eigenvalue weighted by Crippen LogP contribution is -2.67. The second-order valence-corrected chi connectivity index (χ2v) is 23.8. The van der Waals surface area contributed by atoms with Gasteiger partial charge in [0.2, 0.25) is 0 Å². The van der Waals surface area contributed by atoms with Gasteiger partial charge in [-0.2, -0.15) is 0 Å². The Morgan fingerprint density at radius 3 is 2.12 bits per heavy atom. The SMILES string of the molecule is C=C(C)C1CC[C@]2(COC)CC[C@]3(C)C(CCC4[C@@]5(C)CC[C@H](C)[C@@](C)(CO[Si](C)(C)C(C)(C)C)C5CC[C@]43C)C12. The molecule has 41 heavy (non-hydrogen) atoms. The first-order chi connectivity index (χ1) is 18.8. The molecule has 0 radical (unpaired) electrons. The first-order valence-corrected chi connectivity index (χ1v) is 20.5. The molecule has 0 aliphatic heterocycles. The summed E-state index contributed by atoms with van der Waals surface area (Å²) in [5.41, 5.74) is 3.36. The fourth-order valence-corrected chi connectivity index (χ4v) is 13.7. The molecule has 236 valence electrons. The average molecular weight is 585 g/mol. The van der Waals surface area contributed by atoms with Crippen LogP contribution in [-0.4, -0.2) is 28.6 Å². The van der Waals surface area contributed by atoms with Crippen molar-refractivity contribution in [1.29, 1.82) is 0 Å². The van der Waals surface area contributed by atoms with E-state index in [1.807, 2.05) is 7.11 Å². The van der Waals surface area contributed by atoms with Crippen LogP contribution in [0.5, 0.6) is 0 Å². The van der Waals surface area contributed by atoms with Crippen LogP contribution in [0.1, 0.15) is 127 Å². The molecule has 0 bridgehead atoms. The second-order valence-electron chi connectivity index (χ2n) is 19.0. The molecule has 5 saturated carbocycles. The Kier molecular flexibility index (Phi) is 8.03. The predicted octanol–water partition coefficient (Wildman–Crippen LogP) is 10.9. The summed E-state index contributed by atoms with van der Waals surface area (Å²) in [6.45, 7) is 34.5. The number of fused-ring (bicyclic) bond motifs is 7. The Balaban J connectivity index is 1.48. The lowest BCUT2D eigenvalue weighted by Gasteiger charge is -2.73. The molecule has 11 atom stereocenters. The highest BCUT2D eigenvalue weighted by Crippen LogP contribution is 2.78. The van der Waals surface area contributed by atoms with Crippen LogP contribution in [0.4, 0.5) is 0 Å². The van der Waals surface area contributed by atoms with E-state index in [-0.39, 0.29) is 10.5 Å². The molecule has 3 heteroatoms. The zero-order chi connectivity index (χ0) is 30.4. The van der Waals surface area contributed by atoms with Crippen molar-refractivity contribution in [2.75, 3.05) is 20.3 Å². The van der Waals surface area contributed by atoms with Crippen molar-refractivity contribution in [1.82, 2.24) is 0 Å². The molecule has 0 spiro atoms. The fraction of sp³-hybridized carbons (Fsp3) is 0.947. The summed E-state index contributed by atoms with van der Waals surface area (Å²) >= 11 is 0. The molecule has 0 heterocycles. The van der Waals surface area contributed by atoms with E-state index < -0.39 is 8.32 Å². The molecule has 0 aromatic carbocycles. The summed E-state index contributed by atoms with van der Waals surface area (Å²) in [6.07, 6.45) is 13.9. The number of methoxy groups -OCH3 is 1. The van der Waals surface area contributed by atoms with Gasteiger partial charge in [-0.05, 0) is 152 Å². The number of hydrogen-bond acceptors (Lipinski definition) is 2. The van der Waals surface area contributed by atoms with Crippen molar-refractivity contribution in [3.63, 3.8) is 0 Å². The maximum absolute atomic E-state index is 7.10. The van der Waals surface area contributed by atoms with Crippen molar-refractivity contribution in [3.8, 4) is 0 Å². The predicted molar refractivity (Wildman–Crippen MR) is 177 cm³/mol. The molecule has 5 aliphatic rings. The van der Waals surface area contributed by atoms with Crippen LogP contribution >= 0.6 is 0 Å². The highest BCUT2D eigenvalue weighted by atomic mass is 28.4. The molecule has 5 aliphatic carbocycles. The minimum absolute atomic E-state index is 0.267. The molecule has 0 N–H and O–H groups in total. The van der Waals surface area contributed by atoms with Crippen LogP contribution < -0.4 is 0 Å². The van der Waals surface area contributed by atoms with Gasteiger partial charge in [-0.15, -0.1) is 0 Å². The van der Waals surface area contributed by atoms with Gasteiger partial charge < -0.3 is 9.16 Å². The monoisotopic (exact) mass is 584 g/mol. The van der Waals surface area contributed by atoms with Gasteiger partial charge in [0.15, 0.2) is 8.32 Å². The lowest BCUT2D eigenvalue weighted by molar-refractivity contribution is -0.248. The molecule has 2 nitrogen and oxygen atoms in total. The van der Waals surface area contributed by atoms with Crippen LogP contribution in [0.2, 0.25) is 18.1 Å². The van der Waals surface area contributed by atoms with Crippen LogP contribution in [0.3, 0.4) is 0 Å². The molecule has 0 aromatic heterocycles. The topological polar surface area (TPSA) is 18.5 Å². The average Bonchev–Trinajstić information content (AvgIpc) is 3.25. The third kappa shape index (κ3) is 4.49. The highest BCUT2D eigenvalue weighted by Gasteiger charge is 2.71. The van der Waals surface area contributed by atoms with E-state index in [4.69, 9.17) is 9.16 Å². The van der Waals surface area contributed by atoms with E-state index in [2.05, 4.69) is 82.0 Å². The zero-order valence-electron chi connectivity index (χ0n) is 29.5. The smallest absolute Gasteiger partial charge is 0.192 e. The lowest BCUT2D eigenvalue weighted by atomic mass is 9.32. The molecule has 5 rings (SSSR count). The van der Waals surface area contributed by atoms with E-state index in [1.54, 1.807) is 0 Å². The van der Waals surface area contributed by atoms with Crippen LogP contribution in [0, 0.1) is 62.6 Å². The summed E-state index contributed by atoms with van der Waals surface area (Å²) < 4.78 is 13.1. The van der Waals surface area contributed by atoms with Crippen molar-refractivity contribution in [3.05, 3.63) is 12.2 Å². The summed E-state index contributed by atoms with van der Waals surface area (Å²) in [6, 6.07) is 0. The third-order valence-corrected chi connectivity index (χ3v) is 21.0. The minimum atomic E-state index is -1.79. The van der Waals surface area contributed by atoms with Gasteiger partial charge in [0.05, 0.1) is 6.61 Å². The Labute approximate surface area is 256 Å². The standard InChI is InChI=1S/C38H68O2Si/c1-26(2)28-17-21-38(25-39-11)23-22-36(9)29(32(28)38)14-15-31-34(7)19-16-27(3)35(8,30(34)18-20-37(31,36)10)24-40-41(12,13)33(4,5)6/h27-32H,1,14-25H2,2-13H3/t27-,28?,29?,30?,31?,32?,34-,35+,36+,37+,38+/m0/s1. The van der Waals surface area contributed by atoms with Crippen molar-refractivity contribution >= 4 is 8.32 Å². The van der Waals surface area contributed by atoms with Crippen LogP contribution in [0.25, 0.3) is 0 Å². The largest absolute Gasteiger partial charge is 0.416 e. The Bertz CT molecular complexity index is 1010. The van der Waals surface area contributed by atoms with E-state index >= 15 is 0 Å². The van der Waals surface area contributed by atoms with E-state index in [1.165, 1.54) is 69.8 Å². The van der Waals surface area contributed by atoms with Gasteiger partial charge in [-0.1, -0.05) is 67.5 Å². The van der Waals surface area contributed by atoms with Gasteiger partial charge >= 0.3 is 0 Å². The van der Waals surface area contributed by atoms with E-state index in [0.717, 1.165) is 42.8 Å². The number of ether oxygens (including phenoxy) is 1. The first-order valence-electron chi connectivity index (χ1n) is 17.6.